The van der Waals surface area contributed by atoms with Crippen LogP contribution in [0.2, 0.25) is 0 Å². The van der Waals surface area contributed by atoms with E-state index in [9.17, 15) is 4.79 Å². The molecule has 0 unspecified atom stereocenters. The molecule has 0 aliphatic heterocycles. The van der Waals surface area contributed by atoms with Gasteiger partial charge < -0.3 is 4.74 Å². The van der Waals surface area contributed by atoms with Gasteiger partial charge >= 0.3 is 5.97 Å². The molecule has 0 saturated heterocycles. The molecule has 0 bridgehead atoms. The molecular weight excluding hydrogens is 200 g/mol. The van der Waals surface area contributed by atoms with Crippen LogP contribution in [0, 0.1) is 6.92 Å². The summed E-state index contributed by atoms with van der Waals surface area (Å²) < 4.78 is 5.19. The lowest BCUT2D eigenvalue weighted by Crippen LogP contribution is -2.05. The van der Waals surface area contributed by atoms with Crippen molar-refractivity contribution in [3.05, 3.63) is 42.0 Å². The van der Waals surface area contributed by atoms with Crippen molar-refractivity contribution >= 4 is 16.7 Å². The van der Waals surface area contributed by atoms with E-state index in [0.29, 0.717) is 12.2 Å². The van der Waals surface area contributed by atoms with Crippen molar-refractivity contribution in [2.24, 2.45) is 0 Å². The first-order valence-corrected chi connectivity index (χ1v) is 5.41. The Balaban J connectivity index is 2.43. The summed E-state index contributed by atoms with van der Waals surface area (Å²) in [7, 11) is 0. The largest absolute Gasteiger partial charge is 0.427 e. The van der Waals surface area contributed by atoms with Crippen LogP contribution < -0.4 is 4.74 Å². The second-order valence-electron chi connectivity index (χ2n) is 3.79. The molecule has 0 atom stereocenters. The highest BCUT2D eigenvalue weighted by atomic mass is 16.5. The van der Waals surface area contributed by atoms with Crippen LogP contribution in [0.15, 0.2) is 36.4 Å². The van der Waals surface area contributed by atoms with Gasteiger partial charge in [-0.3, -0.25) is 4.79 Å². The summed E-state index contributed by atoms with van der Waals surface area (Å²) in [5.74, 6) is 0.418. The van der Waals surface area contributed by atoms with Gasteiger partial charge in [0.25, 0.3) is 0 Å². The minimum Gasteiger partial charge on any atom is -0.427 e. The smallest absolute Gasteiger partial charge is 0.310 e. The molecule has 0 radical (unpaired) electrons. The number of benzene rings is 2. The molecular formula is C14H14O2. The number of hydrogen-bond donors (Lipinski definition) is 0. The molecule has 0 heterocycles. The molecule has 0 fully saturated rings. The molecule has 0 aliphatic rings. The maximum Gasteiger partial charge on any atom is 0.310 e. The average molecular weight is 214 g/mol. The van der Waals surface area contributed by atoms with Crippen molar-refractivity contribution in [1.82, 2.24) is 0 Å². The number of rotatable bonds is 2. The van der Waals surface area contributed by atoms with Crippen LogP contribution in [0.4, 0.5) is 0 Å². The third-order valence-corrected chi connectivity index (χ3v) is 2.59. The Labute approximate surface area is 94.8 Å². The van der Waals surface area contributed by atoms with Gasteiger partial charge in [-0.25, -0.2) is 0 Å². The number of hydrogen-bond acceptors (Lipinski definition) is 2. The molecule has 0 amide bonds. The third-order valence-electron chi connectivity index (χ3n) is 2.59. The highest BCUT2D eigenvalue weighted by Gasteiger charge is 2.03. The van der Waals surface area contributed by atoms with Crippen molar-refractivity contribution in [1.29, 1.82) is 0 Å². The second-order valence-corrected chi connectivity index (χ2v) is 3.79. The first-order valence-electron chi connectivity index (χ1n) is 5.41. The lowest BCUT2D eigenvalue weighted by atomic mass is 10.1. The minimum atomic E-state index is -0.201. The summed E-state index contributed by atoms with van der Waals surface area (Å²) in [4.78, 5) is 11.2. The molecule has 0 aromatic heterocycles. The second kappa shape index (κ2) is 4.35. The van der Waals surface area contributed by atoms with Crippen molar-refractivity contribution in [2.75, 3.05) is 0 Å². The molecule has 0 N–H and O–H groups in total. The number of fused-ring (bicyclic) bond motifs is 1. The molecule has 16 heavy (non-hydrogen) atoms. The van der Waals surface area contributed by atoms with E-state index >= 15 is 0 Å². The predicted octanol–water partition coefficient (Wildman–Crippen LogP) is 3.46. The van der Waals surface area contributed by atoms with E-state index in [4.69, 9.17) is 4.74 Å². The molecule has 2 nitrogen and oxygen atoms in total. The lowest BCUT2D eigenvalue weighted by molar-refractivity contribution is -0.134. The lowest BCUT2D eigenvalue weighted by Gasteiger charge is -2.06. The fourth-order valence-electron chi connectivity index (χ4n) is 1.68. The zero-order chi connectivity index (χ0) is 11.5. The van der Waals surface area contributed by atoms with E-state index in [2.05, 4.69) is 0 Å². The SMILES string of the molecule is CCC(=O)Oc1ccc2cccc(C)c2c1. The van der Waals surface area contributed by atoms with Crippen LogP contribution in [0.1, 0.15) is 18.9 Å². The summed E-state index contributed by atoms with van der Waals surface area (Å²) in [6.07, 6.45) is 0.395. The average Bonchev–Trinajstić information content (AvgIpc) is 2.30. The van der Waals surface area contributed by atoms with Gasteiger partial charge in [-0.15, -0.1) is 0 Å². The number of carbonyl (C=O) groups excluding carboxylic acids is 1. The summed E-state index contributed by atoms with van der Waals surface area (Å²) in [6.45, 7) is 3.84. The number of aryl methyl sites for hydroxylation is 1. The van der Waals surface area contributed by atoms with E-state index in [1.54, 1.807) is 6.92 Å². The fraction of sp³-hybridized carbons (Fsp3) is 0.214. The summed E-state index contributed by atoms with van der Waals surface area (Å²) in [6, 6.07) is 11.8. The normalized spacial score (nSPS) is 10.4. The summed E-state index contributed by atoms with van der Waals surface area (Å²) in [5, 5.41) is 2.29. The van der Waals surface area contributed by atoms with E-state index in [1.807, 2.05) is 43.3 Å². The van der Waals surface area contributed by atoms with Crippen LogP contribution >= 0.6 is 0 Å². The van der Waals surface area contributed by atoms with Gasteiger partial charge in [-0.1, -0.05) is 31.2 Å². The summed E-state index contributed by atoms with van der Waals surface area (Å²) in [5.41, 5.74) is 1.19. The molecule has 0 spiro atoms. The molecule has 82 valence electrons. The Hall–Kier alpha value is -1.83. The topological polar surface area (TPSA) is 26.3 Å². The van der Waals surface area contributed by atoms with Gasteiger partial charge in [0.05, 0.1) is 0 Å². The van der Waals surface area contributed by atoms with E-state index in [-0.39, 0.29) is 5.97 Å². The number of ether oxygens (including phenoxy) is 1. The molecule has 2 rings (SSSR count). The first kappa shape index (κ1) is 10.7. The van der Waals surface area contributed by atoms with Gasteiger partial charge in [0.1, 0.15) is 5.75 Å². The van der Waals surface area contributed by atoms with E-state index in [1.165, 1.54) is 5.56 Å². The van der Waals surface area contributed by atoms with E-state index in [0.717, 1.165) is 10.8 Å². The highest BCUT2D eigenvalue weighted by Crippen LogP contribution is 2.23. The predicted molar refractivity (Wildman–Crippen MR) is 64.6 cm³/mol. The molecule has 0 aliphatic carbocycles. The van der Waals surface area contributed by atoms with Crippen LogP contribution in [-0.4, -0.2) is 5.97 Å². The first-order chi connectivity index (χ1) is 7.70. The van der Waals surface area contributed by atoms with E-state index < -0.39 is 0 Å². The highest BCUT2D eigenvalue weighted by molar-refractivity contribution is 5.87. The Bertz CT molecular complexity index is 529. The zero-order valence-corrected chi connectivity index (χ0v) is 9.49. The van der Waals surface area contributed by atoms with Gasteiger partial charge in [-0.2, -0.15) is 0 Å². The van der Waals surface area contributed by atoms with Gasteiger partial charge in [0.2, 0.25) is 0 Å². The van der Waals surface area contributed by atoms with Crippen molar-refractivity contribution < 1.29 is 9.53 Å². The Kier molecular flexibility index (Phi) is 2.91. The minimum absolute atomic E-state index is 0.201. The number of carbonyl (C=O) groups is 1. The Morgan fingerprint density at radius 1 is 1.25 bits per heavy atom. The van der Waals surface area contributed by atoms with Gasteiger partial charge in [0, 0.05) is 6.42 Å². The molecule has 0 saturated carbocycles. The number of esters is 1. The summed E-state index contributed by atoms with van der Waals surface area (Å²) >= 11 is 0. The standard InChI is InChI=1S/C14H14O2/c1-3-14(15)16-12-8-7-11-6-4-5-10(2)13(11)9-12/h4-9H,3H2,1-2H3. The zero-order valence-electron chi connectivity index (χ0n) is 9.49. The molecule has 2 aromatic carbocycles. The Morgan fingerprint density at radius 3 is 2.81 bits per heavy atom. The van der Waals surface area contributed by atoms with Crippen molar-refractivity contribution in [3.8, 4) is 5.75 Å². The quantitative estimate of drug-likeness (QED) is 0.565. The monoisotopic (exact) mass is 214 g/mol. The Morgan fingerprint density at radius 2 is 2.06 bits per heavy atom. The fourth-order valence-corrected chi connectivity index (χ4v) is 1.68. The van der Waals surface area contributed by atoms with Crippen LogP contribution in [0.25, 0.3) is 10.8 Å². The van der Waals surface area contributed by atoms with Crippen LogP contribution in [0.3, 0.4) is 0 Å². The molecule has 2 aromatic rings. The maximum atomic E-state index is 11.2. The van der Waals surface area contributed by atoms with Gasteiger partial charge in [-0.05, 0) is 35.4 Å². The molecule has 2 heteroatoms. The van der Waals surface area contributed by atoms with Crippen LogP contribution in [0.5, 0.6) is 5.75 Å². The third kappa shape index (κ3) is 2.06. The van der Waals surface area contributed by atoms with Gasteiger partial charge in [0.15, 0.2) is 0 Å². The van der Waals surface area contributed by atoms with Crippen molar-refractivity contribution in [3.63, 3.8) is 0 Å². The van der Waals surface area contributed by atoms with Crippen molar-refractivity contribution in [2.45, 2.75) is 20.3 Å². The van der Waals surface area contributed by atoms with Crippen LogP contribution in [-0.2, 0) is 4.79 Å². The maximum absolute atomic E-state index is 11.2.